The van der Waals surface area contributed by atoms with Crippen LogP contribution in [0.25, 0.3) is 0 Å². The predicted octanol–water partition coefficient (Wildman–Crippen LogP) is -4.44. The molecular formula is C57H95N15O16. The minimum Gasteiger partial charge on any atom is -0.508 e. The SMILES string of the molecule is CC[C@@H](C)[C@@H](NC(=O)[C@@H](CCC(N)=O)NC(=O)[C@H](CO)NC(=O)[C@@H](NC(=O)[C@H](N)Cc1ccc(O)cc1)[C@@H](C)CC)C(=O)N[C@H](C(=O)N[C@@H](CO)C(=O)N[C@H]1C(=O)N[C@@H](C)C(=O)N[C@@H](CCCN=C(N)N)C(=O)N[C@@H]([C@@H](C)CC)C(=O)O[C@H]1C)[C@@H](C)CC. The van der Waals surface area contributed by atoms with E-state index in [1.54, 1.807) is 67.5 Å². The molecule has 0 radical (unpaired) electrons. The van der Waals surface area contributed by atoms with E-state index in [4.69, 9.17) is 27.7 Å². The number of hydrogen-bond donors (Lipinski definition) is 17. The second kappa shape index (κ2) is 37.5. The zero-order valence-corrected chi connectivity index (χ0v) is 51.9. The third-order valence-corrected chi connectivity index (χ3v) is 15.5. The molecule has 1 saturated heterocycles. The van der Waals surface area contributed by atoms with Crippen LogP contribution in [0.15, 0.2) is 29.3 Å². The molecule has 1 heterocycles. The first-order valence-corrected chi connectivity index (χ1v) is 29.7. The molecule has 2 rings (SSSR count). The van der Waals surface area contributed by atoms with Crippen LogP contribution in [0.4, 0.5) is 0 Å². The summed E-state index contributed by atoms with van der Waals surface area (Å²) in [6.45, 7) is 14.0. The van der Waals surface area contributed by atoms with E-state index in [-0.39, 0.29) is 50.4 Å². The maximum atomic E-state index is 14.4. The van der Waals surface area contributed by atoms with E-state index in [0.717, 1.165) is 0 Å². The number of phenolic OH excluding ortho intramolecular Hbond substituents is 1. The molecule has 1 aromatic rings. The number of carbonyl (C=O) groups is 12. The number of primary amides is 1. The molecule has 0 aliphatic carbocycles. The standard InChI is InChI=1S/C57H95N15O16/c1-11-27(5)41(68-47(78)35(58)24-33-17-19-34(75)20-18-33)52(83)66-38(25-73)50(81)65-37(21-22-40(59)76)49(80)69-43(29(7)13-3)54(85)70-42(28(6)12-2)53(84)67-39(26-74)51(82)72-45-32(10)88-56(87)44(30(8)14-4)71-48(79)36(16-15-23-62-57(60)61)64-46(77)31(9)63-55(45)86/h17-20,27-32,35-39,41-45,73-75H,11-16,21-26,58H2,1-10H3,(H2,59,76)(H,63,86)(H,64,77)(H,65,81)(H,66,83)(H,67,84)(H,68,78)(H,69,80)(H,70,85)(H,71,79)(H,72,82)(H4,60,61,62)/t27-,28-,29+,30-,31-,32-,35+,36-,37+,38-,39-,41-,42-,43+,44-,45+/m0/s1. The van der Waals surface area contributed by atoms with Gasteiger partial charge < -0.3 is 96.2 Å². The summed E-state index contributed by atoms with van der Waals surface area (Å²) in [6.07, 6.45) is -0.892. The number of benzene rings is 1. The fourth-order valence-corrected chi connectivity index (χ4v) is 8.92. The number of rotatable bonds is 33. The van der Waals surface area contributed by atoms with Gasteiger partial charge in [-0.25, -0.2) is 4.79 Å². The zero-order chi connectivity index (χ0) is 66.7. The van der Waals surface area contributed by atoms with Crippen molar-refractivity contribution in [1.29, 1.82) is 0 Å². The van der Waals surface area contributed by atoms with Crippen LogP contribution in [0.5, 0.6) is 5.75 Å². The molecule has 16 atom stereocenters. The van der Waals surface area contributed by atoms with Gasteiger partial charge in [0.1, 0.15) is 72.3 Å². The molecule has 1 aliphatic rings. The van der Waals surface area contributed by atoms with Gasteiger partial charge in [0.05, 0.1) is 19.3 Å². The molecule has 31 nitrogen and oxygen atoms in total. The van der Waals surface area contributed by atoms with E-state index in [9.17, 15) is 72.9 Å². The molecule has 1 aromatic carbocycles. The van der Waals surface area contributed by atoms with Gasteiger partial charge in [-0.1, -0.05) is 93.2 Å². The highest BCUT2D eigenvalue weighted by Crippen LogP contribution is 2.18. The fourth-order valence-electron chi connectivity index (χ4n) is 8.92. The normalized spacial score (nSPS) is 21.0. The van der Waals surface area contributed by atoms with Crippen molar-refractivity contribution in [1.82, 2.24) is 53.2 Å². The van der Waals surface area contributed by atoms with Crippen LogP contribution in [0.1, 0.15) is 126 Å². The molecule has 0 aromatic heterocycles. The molecule has 0 bridgehead atoms. The van der Waals surface area contributed by atoms with Crippen LogP contribution in [0, 0.1) is 23.7 Å². The number of aliphatic hydroxyl groups is 2. The van der Waals surface area contributed by atoms with Crippen molar-refractivity contribution < 1.29 is 77.6 Å². The quantitative estimate of drug-likeness (QED) is 0.0137. The molecule has 21 N–H and O–H groups in total. The molecule has 1 aliphatic heterocycles. The Morgan fingerprint density at radius 3 is 1.58 bits per heavy atom. The first-order valence-electron chi connectivity index (χ1n) is 29.7. The summed E-state index contributed by atoms with van der Waals surface area (Å²) in [5, 5.41) is 55.5. The molecule has 0 unspecified atom stereocenters. The molecule has 88 heavy (non-hydrogen) atoms. The van der Waals surface area contributed by atoms with Crippen LogP contribution in [0.3, 0.4) is 0 Å². The fraction of sp³-hybridized carbons (Fsp3) is 0.667. The van der Waals surface area contributed by atoms with Gasteiger partial charge in [-0.05, 0) is 80.9 Å². The van der Waals surface area contributed by atoms with Crippen molar-refractivity contribution in [3.8, 4) is 5.75 Å². The van der Waals surface area contributed by atoms with Gasteiger partial charge in [0.15, 0.2) is 5.96 Å². The Balaban J connectivity index is 2.40. The third kappa shape index (κ3) is 24.2. The Bertz CT molecular complexity index is 2590. The van der Waals surface area contributed by atoms with Gasteiger partial charge in [0.2, 0.25) is 65.0 Å². The van der Waals surface area contributed by atoms with Gasteiger partial charge >= 0.3 is 5.97 Å². The van der Waals surface area contributed by atoms with Crippen molar-refractivity contribution in [2.45, 2.75) is 200 Å². The Morgan fingerprint density at radius 1 is 0.614 bits per heavy atom. The van der Waals surface area contributed by atoms with E-state index in [1.165, 1.54) is 26.0 Å². The second-order valence-electron chi connectivity index (χ2n) is 22.4. The number of ether oxygens (including phenoxy) is 1. The Morgan fingerprint density at radius 2 is 1.09 bits per heavy atom. The highest BCUT2D eigenvalue weighted by Gasteiger charge is 2.41. The topological polar surface area (TPSA) is 511 Å². The summed E-state index contributed by atoms with van der Waals surface area (Å²) in [7, 11) is 0. The number of aliphatic imine (C=N–C) groups is 1. The number of cyclic esters (lactones) is 1. The molecule has 0 spiro atoms. The summed E-state index contributed by atoms with van der Waals surface area (Å²) in [4.78, 5) is 169. The van der Waals surface area contributed by atoms with Crippen LogP contribution in [-0.2, 0) is 68.7 Å². The lowest BCUT2D eigenvalue weighted by Crippen LogP contribution is -2.63. The molecule has 0 saturated carbocycles. The van der Waals surface area contributed by atoms with Gasteiger partial charge in [-0.15, -0.1) is 0 Å². The monoisotopic (exact) mass is 1250 g/mol. The lowest BCUT2D eigenvalue weighted by atomic mass is 9.94. The summed E-state index contributed by atoms with van der Waals surface area (Å²) >= 11 is 0. The Kier molecular flexibility index (Phi) is 32.3. The maximum Gasteiger partial charge on any atom is 0.329 e. The number of hydrogen-bond acceptors (Lipinski definition) is 18. The third-order valence-electron chi connectivity index (χ3n) is 15.5. The Labute approximate surface area is 512 Å². The van der Waals surface area contributed by atoms with Crippen LogP contribution in [0.2, 0.25) is 0 Å². The van der Waals surface area contributed by atoms with Crippen molar-refractivity contribution in [2.24, 2.45) is 51.6 Å². The van der Waals surface area contributed by atoms with E-state index < -0.39 is 193 Å². The summed E-state index contributed by atoms with van der Waals surface area (Å²) in [5.74, 6) is -13.9. The maximum absolute atomic E-state index is 14.4. The molecule has 31 heteroatoms. The molecule has 11 amide bonds. The molecule has 494 valence electrons. The summed E-state index contributed by atoms with van der Waals surface area (Å²) in [5.41, 5.74) is 23.1. The number of carbonyl (C=O) groups excluding carboxylic acids is 12. The van der Waals surface area contributed by atoms with Gasteiger partial charge in [-0.2, -0.15) is 0 Å². The Hall–Kier alpha value is -8.19. The first-order chi connectivity index (χ1) is 41.4. The lowest BCUT2D eigenvalue weighted by Gasteiger charge is -2.31. The predicted molar refractivity (Wildman–Crippen MR) is 321 cm³/mol. The second-order valence-corrected chi connectivity index (χ2v) is 22.4. The number of nitrogens with two attached hydrogens (primary N) is 4. The van der Waals surface area contributed by atoms with Crippen molar-refractivity contribution >= 4 is 76.9 Å². The number of guanidine groups is 1. The van der Waals surface area contributed by atoms with Crippen LogP contribution in [-0.4, -0.2) is 185 Å². The highest BCUT2D eigenvalue weighted by atomic mass is 16.5. The largest absolute Gasteiger partial charge is 0.508 e. The summed E-state index contributed by atoms with van der Waals surface area (Å²) in [6, 6.07) is -10.2. The number of aliphatic hydroxyl groups excluding tert-OH is 2. The van der Waals surface area contributed by atoms with E-state index in [0.29, 0.717) is 18.4 Å². The number of esters is 1. The first kappa shape index (κ1) is 75.9. The van der Waals surface area contributed by atoms with Crippen molar-refractivity contribution in [2.75, 3.05) is 19.8 Å². The minimum absolute atomic E-state index is 0.00767. The molecular weight excluding hydrogens is 1150 g/mol. The lowest BCUT2D eigenvalue weighted by molar-refractivity contribution is -0.157. The number of nitrogens with one attached hydrogen (secondary N) is 10. The number of phenols is 1. The average Bonchev–Trinajstić information content (AvgIpc) is 3.05. The zero-order valence-electron chi connectivity index (χ0n) is 51.9. The number of nitrogens with zero attached hydrogens (tertiary/aromatic N) is 1. The average molecular weight is 1250 g/mol. The van der Waals surface area contributed by atoms with Gasteiger partial charge in [0.25, 0.3) is 0 Å². The number of aromatic hydroxyl groups is 1. The van der Waals surface area contributed by atoms with Crippen LogP contribution >= 0.6 is 0 Å². The van der Waals surface area contributed by atoms with E-state index in [1.807, 2.05) is 0 Å². The van der Waals surface area contributed by atoms with E-state index in [2.05, 4.69) is 58.2 Å². The van der Waals surface area contributed by atoms with Gasteiger partial charge in [0, 0.05) is 13.0 Å². The van der Waals surface area contributed by atoms with E-state index >= 15 is 0 Å². The van der Waals surface area contributed by atoms with Crippen LogP contribution < -0.4 is 76.1 Å². The van der Waals surface area contributed by atoms with Gasteiger partial charge in [-0.3, -0.25) is 57.7 Å². The highest BCUT2D eigenvalue weighted by molar-refractivity contribution is 5.99. The van der Waals surface area contributed by atoms with Crippen molar-refractivity contribution in [3.05, 3.63) is 29.8 Å². The number of amides is 11. The summed E-state index contributed by atoms with van der Waals surface area (Å²) < 4.78 is 5.70. The molecule has 1 fully saturated rings. The van der Waals surface area contributed by atoms with Crippen molar-refractivity contribution in [3.63, 3.8) is 0 Å². The minimum atomic E-state index is -1.84. The smallest absolute Gasteiger partial charge is 0.329 e.